The summed E-state index contributed by atoms with van der Waals surface area (Å²) >= 11 is 0. The molecular formula is C16H25NO. The van der Waals surface area contributed by atoms with Crippen LogP contribution in [0, 0.1) is 0 Å². The van der Waals surface area contributed by atoms with Gasteiger partial charge in [-0.3, -0.25) is 0 Å². The van der Waals surface area contributed by atoms with Crippen molar-refractivity contribution in [2.45, 2.75) is 44.9 Å². The summed E-state index contributed by atoms with van der Waals surface area (Å²) in [5, 5.41) is 3.43. The molecule has 2 rings (SSSR count). The van der Waals surface area contributed by atoms with E-state index in [1.54, 1.807) is 7.11 Å². The second kappa shape index (κ2) is 5.31. The SMILES string of the molecule is COc1cc(C2CCNCC2)cc(C(C)(C)C)c1. The summed E-state index contributed by atoms with van der Waals surface area (Å²) in [6.07, 6.45) is 2.47. The molecule has 1 heterocycles. The van der Waals surface area contributed by atoms with Crippen molar-refractivity contribution >= 4 is 0 Å². The van der Waals surface area contributed by atoms with Crippen LogP contribution < -0.4 is 10.1 Å². The molecule has 0 spiro atoms. The van der Waals surface area contributed by atoms with Crippen LogP contribution in [0.25, 0.3) is 0 Å². The number of ether oxygens (including phenoxy) is 1. The second-order valence-electron chi connectivity index (χ2n) is 6.27. The monoisotopic (exact) mass is 247 g/mol. The zero-order chi connectivity index (χ0) is 13.2. The van der Waals surface area contributed by atoms with Gasteiger partial charge in [0.2, 0.25) is 0 Å². The van der Waals surface area contributed by atoms with Crippen LogP contribution in [0.2, 0.25) is 0 Å². The fraction of sp³-hybridized carbons (Fsp3) is 0.625. The fourth-order valence-electron chi connectivity index (χ4n) is 2.56. The van der Waals surface area contributed by atoms with Crippen LogP contribution >= 0.6 is 0 Å². The van der Waals surface area contributed by atoms with E-state index in [1.165, 1.54) is 24.0 Å². The minimum absolute atomic E-state index is 0.177. The molecule has 0 saturated carbocycles. The lowest BCUT2D eigenvalue weighted by atomic mass is 9.82. The molecule has 0 bridgehead atoms. The van der Waals surface area contributed by atoms with Crippen molar-refractivity contribution < 1.29 is 4.74 Å². The van der Waals surface area contributed by atoms with Gasteiger partial charge in [0.15, 0.2) is 0 Å². The van der Waals surface area contributed by atoms with Gasteiger partial charge in [-0.25, -0.2) is 0 Å². The van der Waals surface area contributed by atoms with Crippen LogP contribution in [0.3, 0.4) is 0 Å². The molecule has 0 unspecified atom stereocenters. The third kappa shape index (κ3) is 3.05. The summed E-state index contributed by atoms with van der Waals surface area (Å²) < 4.78 is 5.47. The Hall–Kier alpha value is -1.02. The second-order valence-corrected chi connectivity index (χ2v) is 6.27. The summed E-state index contributed by atoms with van der Waals surface area (Å²) in [7, 11) is 1.76. The van der Waals surface area contributed by atoms with Gasteiger partial charge >= 0.3 is 0 Å². The van der Waals surface area contributed by atoms with Crippen molar-refractivity contribution in [3.05, 3.63) is 29.3 Å². The summed E-state index contributed by atoms with van der Waals surface area (Å²) in [5.74, 6) is 1.68. The van der Waals surface area contributed by atoms with E-state index >= 15 is 0 Å². The van der Waals surface area contributed by atoms with E-state index in [-0.39, 0.29) is 5.41 Å². The van der Waals surface area contributed by atoms with E-state index in [0.29, 0.717) is 5.92 Å². The lowest BCUT2D eigenvalue weighted by Gasteiger charge is -2.26. The van der Waals surface area contributed by atoms with Gasteiger partial charge in [0, 0.05) is 0 Å². The van der Waals surface area contributed by atoms with Crippen molar-refractivity contribution in [1.82, 2.24) is 5.32 Å². The molecule has 0 aromatic heterocycles. The first-order valence-corrected chi connectivity index (χ1v) is 6.91. The number of nitrogens with one attached hydrogen (secondary N) is 1. The van der Waals surface area contributed by atoms with Crippen molar-refractivity contribution in [3.63, 3.8) is 0 Å². The molecule has 0 atom stereocenters. The maximum atomic E-state index is 5.47. The zero-order valence-electron chi connectivity index (χ0n) is 12.0. The summed E-state index contributed by atoms with van der Waals surface area (Å²) in [4.78, 5) is 0. The van der Waals surface area contributed by atoms with Crippen molar-refractivity contribution in [3.8, 4) is 5.75 Å². The molecule has 2 heteroatoms. The smallest absolute Gasteiger partial charge is 0.119 e. The van der Waals surface area contributed by atoms with E-state index in [4.69, 9.17) is 4.74 Å². The normalized spacial score (nSPS) is 17.8. The largest absolute Gasteiger partial charge is 0.497 e. The average molecular weight is 247 g/mol. The first-order valence-electron chi connectivity index (χ1n) is 6.91. The van der Waals surface area contributed by atoms with Crippen LogP contribution in [0.4, 0.5) is 0 Å². The number of rotatable bonds is 2. The maximum Gasteiger partial charge on any atom is 0.119 e. The molecule has 18 heavy (non-hydrogen) atoms. The first kappa shape index (κ1) is 13.4. The van der Waals surface area contributed by atoms with Crippen LogP contribution in [0.1, 0.15) is 50.7 Å². The molecular weight excluding hydrogens is 222 g/mol. The predicted molar refractivity (Wildman–Crippen MR) is 76.5 cm³/mol. The van der Waals surface area contributed by atoms with Crippen molar-refractivity contribution in [2.75, 3.05) is 20.2 Å². The van der Waals surface area contributed by atoms with Crippen molar-refractivity contribution in [2.24, 2.45) is 0 Å². The Kier molecular flexibility index (Phi) is 3.96. The summed E-state index contributed by atoms with van der Waals surface area (Å²) in [6, 6.07) is 6.76. The van der Waals surface area contributed by atoms with Gasteiger partial charge < -0.3 is 10.1 Å². The number of piperidine rings is 1. The number of methoxy groups -OCH3 is 1. The lowest BCUT2D eigenvalue weighted by Crippen LogP contribution is -2.26. The summed E-state index contributed by atoms with van der Waals surface area (Å²) in [6.45, 7) is 9.04. The van der Waals surface area contributed by atoms with Gasteiger partial charge in [-0.15, -0.1) is 0 Å². The number of benzene rings is 1. The molecule has 0 aliphatic carbocycles. The molecule has 1 aromatic carbocycles. The van der Waals surface area contributed by atoms with Gasteiger partial charge in [-0.05, 0) is 60.5 Å². The molecule has 1 saturated heterocycles. The topological polar surface area (TPSA) is 21.3 Å². The van der Waals surface area contributed by atoms with Crippen LogP contribution in [0.5, 0.6) is 5.75 Å². The molecule has 1 aromatic rings. The summed E-state index contributed by atoms with van der Waals surface area (Å²) in [5.41, 5.74) is 2.99. The van der Waals surface area contributed by atoms with Crippen LogP contribution in [-0.2, 0) is 5.41 Å². The highest BCUT2D eigenvalue weighted by Crippen LogP contribution is 2.33. The van der Waals surface area contributed by atoms with Gasteiger partial charge in [0.05, 0.1) is 7.11 Å². The first-order chi connectivity index (χ1) is 8.50. The Morgan fingerprint density at radius 2 is 1.78 bits per heavy atom. The third-order valence-electron chi connectivity index (χ3n) is 3.84. The van der Waals surface area contributed by atoms with Gasteiger partial charge in [0.1, 0.15) is 5.75 Å². The van der Waals surface area contributed by atoms with Gasteiger partial charge in [-0.1, -0.05) is 26.8 Å². The minimum Gasteiger partial charge on any atom is -0.497 e. The average Bonchev–Trinajstić information content (AvgIpc) is 2.38. The van der Waals surface area contributed by atoms with Crippen LogP contribution in [-0.4, -0.2) is 20.2 Å². The molecule has 100 valence electrons. The Balaban J connectivity index is 2.34. The molecule has 1 aliphatic rings. The van der Waals surface area contributed by atoms with E-state index < -0.39 is 0 Å². The molecule has 1 N–H and O–H groups in total. The highest BCUT2D eigenvalue weighted by molar-refractivity contribution is 5.39. The Bertz CT molecular complexity index is 400. The van der Waals surface area contributed by atoms with Gasteiger partial charge in [-0.2, -0.15) is 0 Å². The van der Waals surface area contributed by atoms with E-state index in [9.17, 15) is 0 Å². The Morgan fingerprint density at radius 1 is 1.11 bits per heavy atom. The highest BCUT2D eigenvalue weighted by Gasteiger charge is 2.20. The number of hydrogen-bond acceptors (Lipinski definition) is 2. The third-order valence-corrected chi connectivity index (χ3v) is 3.84. The Morgan fingerprint density at radius 3 is 2.33 bits per heavy atom. The van der Waals surface area contributed by atoms with Crippen molar-refractivity contribution in [1.29, 1.82) is 0 Å². The zero-order valence-corrected chi connectivity index (χ0v) is 12.0. The number of hydrogen-bond donors (Lipinski definition) is 1. The molecule has 1 fully saturated rings. The lowest BCUT2D eigenvalue weighted by molar-refractivity contribution is 0.408. The van der Waals surface area contributed by atoms with E-state index in [2.05, 4.69) is 44.3 Å². The molecule has 0 amide bonds. The molecule has 0 radical (unpaired) electrons. The molecule has 1 aliphatic heterocycles. The minimum atomic E-state index is 0.177. The van der Waals surface area contributed by atoms with E-state index in [1.807, 2.05) is 0 Å². The maximum absolute atomic E-state index is 5.47. The van der Waals surface area contributed by atoms with Crippen LogP contribution in [0.15, 0.2) is 18.2 Å². The highest BCUT2D eigenvalue weighted by atomic mass is 16.5. The predicted octanol–water partition coefficient (Wildman–Crippen LogP) is 3.46. The standard InChI is InChI=1S/C16H25NO/c1-16(2,3)14-9-13(10-15(11-14)18-4)12-5-7-17-8-6-12/h9-12,17H,5-8H2,1-4H3. The quantitative estimate of drug-likeness (QED) is 0.864. The van der Waals surface area contributed by atoms with E-state index in [0.717, 1.165) is 18.8 Å². The molecule has 2 nitrogen and oxygen atoms in total. The van der Waals surface area contributed by atoms with Gasteiger partial charge in [0.25, 0.3) is 0 Å². The fourth-order valence-corrected chi connectivity index (χ4v) is 2.56. The Labute approximate surface area is 111 Å².